The number of carbonyl (C=O) groups excluding carboxylic acids is 2. The van der Waals surface area contributed by atoms with Crippen LogP contribution < -0.4 is 4.90 Å². The molecule has 0 aliphatic rings. The van der Waals surface area contributed by atoms with Crippen molar-refractivity contribution in [3.63, 3.8) is 0 Å². The quantitative estimate of drug-likeness (QED) is 0.740. The van der Waals surface area contributed by atoms with Crippen molar-refractivity contribution in [3.05, 3.63) is 24.5 Å². The van der Waals surface area contributed by atoms with Gasteiger partial charge in [0.1, 0.15) is 22.7 Å². The molecule has 8 heteroatoms. The molecule has 0 aromatic carbocycles. The van der Waals surface area contributed by atoms with Gasteiger partial charge in [0.15, 0.2) is 0 Å². The van der Waals surface area contributed by atoms with Gasteiger partial charge in [-0.3, -0.25) is 0 Å². The fourth-order valence-electron chi connectivity index (χ4n) is 1.71. The van der Waals surface area contributed by atoms with E-state index in [1.165, 1.54) is 6.20 Å². The molecule has 0 saturated heterocycles. The van der Waals surface area contributed by atoms with Crippen LogP contribution >= 0.6 is 0 Å². The molecule has 1 aromatic rings. The van der Waals surface area contributed by atoms with Crippen LogP contribution in [-0.4, -0.2) is 40.0 Å². The zero-order chi connectivity index (χ0) is 20.1. The molecule has 0 fully saturated rings. The standard InChI is InChI=1S/C18H27N3O5/c1-9-24-12(2)13-10-11-19-14(20-13)21(15(22)25-17(3,4)5)16(23)26-18(6,7)8/h10-11H,2,9H2,1,3-8H3. The Bertz CT molecular complexity index is 646. The van der Waals surface area contributed by atoms with E-state index in [-0.39, 0.29) is 5.95 Å². The maximum atomic E-state index is 12.6. The molecule has 0 saturated carbocycles. The molecule has 1 aromatic heterocycles. The SMILES string of the molecule is C=C(OCC)c1ccnc(N(C(=O)OC(C)(C)C)C(=O)OC(C)(C)C)n1. The largest absolute Gasteiger partial charge is 0.492 e. The van der Waals surface area contributed by atoms with Gasteiger partial charge < -0.3 is 14.2 Å². The molecule has 144 valence electrons. The molecule has 0 bridgehead atoms. The lowest BCUT2D eigenvalue weighted by molar-refractivity contribution is 0.0427. The monoisotopic (exact) mass is 365 g/mol. The highest BCUT2D eigenvalue weighted by molar-refractivity contribution is 6.08. The smallest absolute Gasteiger partial charge is 0.427 e. The third-order valence-corrected chi connectivity index (χ3v) is 2.60. The fourth-order valence-corrected chi connectivity index (χ4v) is 1.71. The van der Waals surface area contributed by atoms with E-state index < -0.39 is 23.4 Å². The Labute approximate surface area is 154 Å². The summed E-state index contributed by atoms with van der Waals surface area (Å²) < 4.78 is 15.9. The molecule has 2 amide bonds. The summed E-state index contributed by atoms with van der Waals surface area (Å²) in [6, 6.07) is 1.56. The number of rotatable bonds is 4. The van der Waals surface area contributed by atoms with Gasteiger partial charge in [0.2, 0.25) is 5.95 Å². The first-order valence-electron chi connectivity index (χ1n) is 8.25. The van der Waals surface area contributed by atoms with Crippen molar-refractivity contribution >= 4 is 23.9 Å². The van der Waals surface area contributed by atoms with Crippen LogP contribution in [0.2, 0.25) is 0 Å². The molecule has 1 heterocycles. The number of hydrogen-bond donors (Lipinski definition) is 0. The lowest BCUT2D eigenvalue weighted by Gasteiger charge is -2.27. The van der Waals surface area contributed by atoms with Crippen molar-refractivity contribution < 1.29 is 23.8 Å². The van der Waals surface area contributed by atoms with E-state index in [2.05, 4.69) is 16.5 Å². The van der Waals surface area contributed by atoms with Gasteiger partial charge >= 0.3 is 12.2 Å². The van der Waals surface area contributed by atoms with E-state index >= 15 is 0 Å². The second kappa shape index (κ2) is 8.16. The van der Waals surface area contributed by atoms with Crippen LogP contribution in [0.5, 0.6) is 0 Å². The van der Waals surface area contributed by atoms with Crippen molar-refractivity contribution in [2.75, 3.05) is 11.5 Å². The van der Waals surface area contributed by atoms with Crippen LogP contribution in [0.15, 0.2) is 18.8 Å². The molecule has 26 heavy (non-hydrogen) atoms. The van der Waals surface area contributed by atoms with E-state index in [4.69, 9.17) is 14.2 Å². The second-order valence-corrected chi connectivity index (χ2v) is 7.39. The van der Waals surface area contributed by atoms with E-state index in [1.54, 1.807) is 54.5 Å². The van der Waals surface area contributed by atoms with Gasteiger partial charge in [-0.2, -0.15) is 0 Å². The van der Waals surface area contributed by atoms with Gasteiger partial charge in [0.25, 0.3) is 0 Å². The molecule has 8 nitrogen and oxygen atoms in total. The number of hydrogen-bond acceptors (Lipinski definition) is 7. The van der Waals surface area contributed by atoms with E-state index in [0.29, 0.717) is 23.0 Å². The highest BCUT2D eigenvalue weighted by atomic mass is 16.6. The van der Waals surface area contributed by atoms with Crippen LogP contribution in [0.3, 0.4) is 0 Å². The minimum absolute atomic E-state index is 0.188. The lowest BCUT2D eigenvalue weighted by Crippen LogP contribution is -2.44. The summed E-state index contributed by atoms with van der Waals surface area (Å²) >= 11 is 0. The normalized spacial score (nSPS) is 11.5. The first-order chi connectivity index (χ1) is 11.8. The van der Waals surface area contributed by atoms with Gasteiger partial charge in [0, 0.05) is 6.20 Å². The number of anilines is 1. The Kier molecular flexibility index (Phi) is 6.72. The summed E-state index contributed by atoms with van der Waals surface area (Å²) in [6.07, 6.45) is -0.485. The van der Waals surface area contributed by atoms with Crippen LogP contribution in [0.1, 0.15) is 54.2 Å². The van der Waals surface area contributed by atoms with Gasteiger partial charge in [-0.15, -0.1) is 4.90 Å². The summed E-state index contributed by atoms with van der Waals surface area (Å²) in [5, 5.41) is 0. The number of carbonyl (C=O) groups is 2. The van der Waals surface area contributed by atoms with Gasteiger partial charge in [0.05, 0.1) is 6.61 Å². The second-order valence-electron chi connectivity index (χ2n) is 7.39. The molecule has 0 atom stereocenters. The average molecular weight is 365 g/mol. The molecule has 0 radical (unpaired) electrons. The summed E-state index contributed by atoms with van der Waals surface area (Å²) in [4.78, 5) is 34.0. The average Bonchev–Trinajstić information content (AvgIpc) is 2.44. The molecular weight excluding hydrogens is 338 g/mol. The Morgan fingerprint density at radius 1 is 1.08 bits per heavy atom. The number of nitrogens with zero attached hydrogens (tertiary/aromatic N) is 3. The molecule has 0 N–H and O–H groups in total. The van der Waals surface area contributed by atoms with Gasteiger partial charge in [-0.25, -0.2) is 19.6 Å². The van der Waals surface area contributed by atoms with Crippen LogP contribution in [-0.2, 0) is 14.2 Å². The summed E-state index contributed by atoms with van der Waals surface area (Å²) in [6.45, 7) is 16.1. The first kappa shape index (κ1) is 21.4. The van der Waals surface area contributed by atoms with Crippen molar-refractivity contribution in [1.82, 2.24) is 9.97 Å². The Morgan fingerprint density at radius 3 is 2.00 bits per heavy atom. The third kappa shape index (κ3) is 6.70. The Morgan fingerprint density at radius 2 is 1.58 bits per heavy atom. The minimum Gasteiger partial charge on any atom is -0.492 e. The predicted octanol–water partition coefficient (Wildman–Crippen LogP) is 4.16. The van der Waals surface area contributed by atoms with Gasteiger partial charge in [-0.1, -0.05) is 6.58 Å². The summed E-state index contributed by atoms with van der Waals surface area (Å²) in [7, 11) is 0. The predicted molar refractivity (Wildman–Crippen MR) is 97.6 cm³/mol. The Balaban J connectivity index is 3.27. The lowest BCUT2D eigenvalue weighted by atomic mass is 10.2. The molecule has 0 aliphatic carbocycles. The molecular formula is C18H27N3O5. The van der Waals surface area contributed by atoms with E-state index in [0.717, 1.165) is 0 Å². The van der Waals surface area contributed by atoms with Crippen LogP contribution in [0.25, 0.3) is 5.76 Å². The third-order valence-electron chi connectivity index (χ3n) is 2.60. The first-order valence-corrected chi connectivity index (χ1v) is 8.25. The zero-order valence-corrected chi connectivity index (χ0v) is 16.5. The molecule has 0 unspecified atom stereocenters. The van der Waals surface area contributed by atoms with E-state index in [1.807, 2.05) is 0 Å². The summed E-state index contributed by atoms with van der Waals surface area (Å²) in [5.74, 6) is 0.108. The number of aromatic nitrogens is 2. The van der Waals surface area contributed by atoms with Gasteiger partial charge in [-0.05, 0) is 54.5 Å². The summed E-state index contributed by atoms with van der Waals surface area (Å²) in [5.41, 5.74) is -1.29. The zero-order valence-electron chi connectivity index (χ0n) is 16.5. The fraction of sp³-hybridized carbons (Fsp3) is 0.556. The topological polar surface area (TPSA) is 90.8 Å². The highest BCUT2D eigenvalue weighted by Crippen LogP contribution is 2.20. The van der Waals surface area contributed by atoms with Crippen molar-refractivity contribution in [1.29, 1.82) is 0 Å². The molecule has 1 rings (SSSR count). The molecule has 0 aliphatic heterocycles. The van der Waals surface area contributed by atoms with Crippen LogP contribution in [0.4, 0.5) is 15.5 Å². The number of amides is 2. The van der Waals surface area contributed by atoms with Crippen LogP contribution in [0, 0.1) is 0 Å². The number of ether oxygens (including phenoxy) is 3. The minimum atomic E-state index is -0.939. The Hall–Kier alpha value is -2.64. The van der Waals surface area contributed by atoms with Crippen molar-refractivity contribution in [2.24, 2.45) is 0 Å². The van der Waals surface area contributed by atoms with E-state index in [9.17, 15) is 9.59 Å². The number of imide groups is 1. The van der Waals surface area contributed by atoms with Crippen molar-refractivity contribution in [2.45, 2.75) is 59.7 Å². The van der Waals surface area contributed by atoms with Crippen molar-refractivity contribution in [3.8, 4) is 0 Å². The maximum absolute atomic E-state index is 12.6. The highest BCUT2D eigenvalue weighted by Gasteiger charge is 2.34. The maximum Gasteiger partial charge on any atom is 0.427 e. The molecule has 0 spiro atoms.